The van der Waals surface area contributed by atoms with Gasteiger partial charge in [-0.25, -0.2) is 0 Å². The molecule has 5 heteroatoms. The minimum Gasteiger partial charge on any atom is -0.295 e. The Morgan fingerprint density at radius 2 is 0.632 bits per heavy atom. The summed E-state index contributed by atoms with van der Waals surface area (Å²) in [6, 6.07) is 69.6. The van der Waals surface area contributed by atoms with Gasteiger partial charge in [0.1, 0.15) is 11.3 Å². The summed E-state index contributed by atoms with van der Waals surface area (Å²) in [6.07, 6.45) is 0. The topological polar surface area (TPSA) is 18.7 Å². The van der Waals surface area contributed by atoms with E-state index in [9.17, 15) is 0 Å². The largest absolute Gasteiger partial charge is 0.295 e. The van der Waals surface area contributed by atoms with E-state index in [1.807, 2.05) is 0 Å². The Labute approximate surface area is 327 Å². The van der Waals surface area contributed by atoms with Gasteiger partial charge in [0, 0.05) is 11.4 Å². The van der Waals surface area contributed by atoms with Gasteiger partial charge in [0.15, 0.2) is 0 Å². The second-order valence-electron chi connectivity index (χ2n) is 15.7. The van der Waals surface area contributed by atoms with Crippen LogP contribution in [0.5, 0.6) is 0 Å². The highest BCUT2D eigenvalue weighted by molar-refractivity contribution is 7.02. The fourth-order valence-corrected chi connectivity index (χ4v) is 10.6. The highest BCUT2D eigenvalue weighted by atomic mass is 15.2. The Kier molecular flexibility index (Phi) is 5.56. The molecule has 0 N–H and O–H groups in total. The van der Waals surface area contributed by atoms with Crippen LogP contribution in [-0.2, 0) is 0 Å². The van der Waals surface area contributed by atoms with Crippen molar-refractivity contribution in [3.63, 3.8) is 0 Å². The molecule has 262 valence electrons. The van der Waals surface area contributed by atoms with Gasteiger partial charge in [-0.1, -0.05) is 140 Å². The van der Waals surface area contributed by atoms with Crippen molar-refractivity contribution in [2.24, 2.45) is 0 Å². The van der Waals surface area contributed by atoms with E-state index >= 15 is 0 Å². The van der Waals surface area contributed by atoms with Crippen LogP contribution >= 0.6 is 0 Å². The van der Waals surface area contributed by atoms with Crippen molar-refractivity contribution >= 4 is 78.3 Å². The van der Waals surface area contributed by atoms with Crippen LogP contribution in [0.2, 0.25) is 0 Å². The number of benzene rings is 8. The van der Waals surface area contributed by atoms with E-state index in [1.54, 1.807) is 0 Å². The maximum atomic E-state index is 2.57. The molecule has 0 bridgehead atoms. The Balaban J connectivity index is 1.07. The van der Waals surface area contributed by atoms with Gasteiger partial charge < -0.3 is 0 Å². The van der Waals surface area contributed by atoms with Crippen molar-refractivity contribution in [2.45, 2.75) is 0 Å². The molecule has 2 aliphatic rings. The second kappa shape index (κ2) is 10.6. The molecule has 12 aromatic rings. The normalized spacial score (nSPS) is 12.9. The molecule has 0 aliphatic carbocycles. The van der Waals surface area contributed by atoms with Crippen LogP contribution < -0.4 is 16.4 Å². The summed E-state index contributed by atoms with van der Waals surface area (Å²) in [7, 11) is 0. The van der Waals surface area contributed by atoms with Crippen LogP contribution in [0.4, 0.5) is 0 Å². The van der Waals surface area contributed by atoms with Gasteiger partial charge in [0.2, 0.25) is 0 Å². The van der Waals surface area contributed by atoms with Crippen molar-refractivity contribution in [1.29, 1.82) is 0 Å². The highest BCUT2D eigenvalue weighted by Gasteiger charge is 2.45. The van der Waals surface area contributed by atoms with E-state index in [2.05, 4.69) is 206 Å². The number of para-hydroxylation sites is 6. The Bertz CT molecular complexity index is 3490. The van der Waals surface area contributed by atoms with E-state index in [0.717, 1.165) is 0 Å². The first-order valence-electron chi connectivity index (χ1n) is 19.8. The standard InChI is InChI=1S/C52H31BN4/c1-2-12-32(13-3-1)33-22-24-34(25-23-33)35-26-28-36(29-27-35)37-30-46-50-47(31-37)57-45-21-11-9-19-43(45)55-41-17-7-5-15-39(41)49(52(55)57)53(50)48-38-14-4-6-16-40(38)54-42-18-8-10-20-44(42)56(46)51(48)54/h1-31H. The van der Waals surface area contributed by atoms with Gasteiger partial charge in [-0.3, -0.25) is 17.9 Å². The third kappa shape index (κ3) is 3.69. The van der Waals surface area contributed by atoms with E-state index in [4.69, 9.17) is 0 Å². The summed E-state index contributed by atoms with van der Waals surface area (Å²) in [5.41, 5.74) is 23.9. The Morgan fingerprint density at radius 3 is 1.09 bits per heavy atom. The molecule has 0 radical (unpaired) electrons. The van der Waals surface area contributed by atoms with Crippen LogP contribution in [0.25, 0.3) is 99.9 Å². The molecule has 0 atom stereocenters. The van der Waals surface area contributed by atoms with E-state index in [-0.39, 0.29) is 6.71 Å². The summed E-state index contributed by atoms with van der Waals surface area (Å²) in [4.78, 5) is 0. The highest BCUT2D eigenvalue weighted by Crippen LogP contribution is 2.41. The van der Waals surface area contributed by atoms with Crippen molar-refractivity contribution in [2.75, 3.05) is 0 Å². The zero-order valence-corrected chi connectivity index (χ0v) is 30.8. The molecule has 0 saturated heterocycles. The predicted molar refractivity (Wildman–Crippen MR) is 238 cm³/mol. The van der Waals surface area contributed by atoms with Crippen molar-refractivity contribution < 1.29 is 0 Å². The smallest absolute Gasteiger partial charge is 0.258 e. The molecule has 4 aromatic heterocycles. The van der Waals surface area contributed by atoms with Crippen LogP contribution in [0, 0.1) is 0 Å². The summed E-state index contributed by atoms with van der Waals surface area (Å²) < 4.78 is 10.2. The minimum atomic E-state index is 0.0451. The van der Waals surface area contributed by atoms with E-state index in [1.165, 1.54) is 116 Å². The first-order valence-corrected chi connectivity index (χ1v) is 19.8. The third-order valence-electron chi connectivity index (χ3n) is 13.0. The lowest BCUT2D eigenvalue weighted by molar-refractivity contribution is 1.12. The van der Waals surface area contributed by atoms with Crippen molar-refractivity contribution in [1.82, 2.24) is 17.9 Å². The quantitative estimate of drug-likeness (QED) is 0.162. The number of aromatic nitrogens is 4. The van der Waals surface area contributed by atoms with Crippen LogP contribution in [-0.4, -0.2) is 24.6 Å². The number of hydrogen-bond acceptors (Lipinski definition) is 0. The van der Waals surface area contributed by atoms with E-state index < -0.39 is 0 Å². The first kappa shape index (κ1) is 29.8. The molecule has 0 spiro atoms. The summed E-state index contributed by atoms with van der Waals surface area (Å²) in [5, 5.41) is 2.64. The zero-order valence-electron chi connectivity index (χ0n) is 30.8. The summed E-state index contributed by atoms with van der Waals surface area (Å²) >= 11 is 0. The molecule has 0 fully saturated rings. The SMILES string of the molecule is c1ccc(-c2ccc(-c3ccc(-c4cc5c6c(c4)-n4c7ccccc7n7c8ccccc8c(c47)B6c4c6ccccc6n6c7ccccc7n-5c46)cc3)cc2)cc1. The lowest BCUT2D eigenvalue weighted by Crippen LogP contribution is -2.59. The average Bonchev–Trinajstić information content (AvgIpc) is 4.01. The number of imidazole rings is 2. The maximum Gasteiger partial charge on any atom is 0.258 e. The number of fused-ring (bicyclic) bond motifs is 16. The molecule has 57 heavy (non-hydrogen) atoms. The molecule has 0 amide bonds. The second-order valence-corrected chi connectivity index (χ2v) is 15.7. The molecular weight excluding hydrogens is 691 g/mol. The minimum absolute atomic E-state index is 0.0451. The number of nitrogens with zero attached hydrogens (tertiary/aromatic N) is 4. The van der Waals surface area contributed by atoms with Gasteiger partial charge >= 0.3 is 0 Å². The molecule has 0 unspecified atom stereocenters. The predicted octanol–water partition coefficient (Wildman–Crippen LogP) is 10.5. The summed E-state index contributed by atoms with van der Waals surface area (Å²) in [5.74, 6) is 0. The molecule has 14 rings (SSSR count). The molecular formula is C52H31BN4. The number of hydrogen-bond donors (Lipinski definition) is 0. The fourth-order valence-electron chi connectivity index (χ4n) is 10.6. The first-order chi connectivity index (χ1) is 28.3. The van der Waals surface area contributed by atoms with E-state index in [0.29, 0.717) is 0 Å². The Morgan fingerprint density at radius 1 is 0.281 bits per heavy atom. The molecule has 0 saturated carbocycles. The fraction of sp³-hybridized carbons (Fsp3) is 0. The van der Waals surface area contributed by atoms with Crippen molar-refractivity contribution in [3.8, 4) is 44.8 Å². The van der Waals surface area contributed by atoms with Crippen LogP contribution in [0.3, 0.4) is 0 Å². The third-order valence-corrected chi connectivity index (χ3v) is 13.0. The lowest BCUT2D eigenvalue weighted by atomic mass is 9.34. The Hall–Kier alpha value is -7.50. The maximum absolute atomic E-state index is 2.57. The average molecular weight is 723 g/mol. The van der Waals surface area contributed by atoms with Crippen LogP contribution in [0.15, 0.2) is 188 Å². The van der Waals surface area contributed by atoms with Crippen LogP contribution in [0.1, 0.15) is 0 Å². The number of rotatable bonds is 3. The van der Waals surface area contributed by atoms with Gasteiger partial charge in [-0.05, 0) is 109 Å². The molecule has 6 heterocycles. The molecule has 8 aromatic carbocycles. The monoisotopic (exact) mass is 722 g/mol. The van der Waals surface area contributed by atoms with Gasteiger partial charge in [-0.2, -0.15) is 0 Å². The van der Waals surface area contributed by atoms with Gasteiger partial charge in [0.05, 0.1) is 33.1 Å². The van der Waals surface area contributed by atoms with Gasteiger partial charge in [-0.15, -0.1) is 0 Å². The lowest BCUT2D eigenvalue weighted by Gasteiger charge is -2.32. The molecule has 4 nitrogen and oxygen atoms in total. The van der Waals surface area contributed by atoms with Gasteiger partial charge in [0.25, 0.3) is 6.71 Å². The van der Waals surface area contributed by atoms with Crippen molar-refractivity contribution in [3.05, 3.63) is 188 Å². The zero-order chi connectivity index (χ0) is 36.9. The summed E-state index contributed by atoms with van der Waals surface area (Å²) in [6.45, 7) is 0.0451. The molecule has 2 aliphatic heterocycles.